The first-order valence-corrected chi connectivity index (χ1v) is 12.1. The van der Waals surface area contributed by atoms with E-state index in [9.17, 15) is 9.18 Å². The Morgan fingerprint density at radius 2 is 1.91 bits per heavy atom. The summed E-state index contributed by atoms with van der Waals surface area (Å²) in [5.41, 5.74) is 9.26. The molecule has 0 radical (unpaired) electrons. The van der Waals surface area contributed by atoms with Gasteiger partial charge in [-0.15, -0.1) is 0 Å². The van der Waals surface area contributed by atoms with E-state index in [0.717, 1.165) is 42.5 Å². The van der Waals surface area contributed by atoms with Crippen molar-refractivity contribution in [3.8, 4) is 11.1 Å². The van der Waals surface area contributed by atoms with Crippen LogP contribution in [0.25, 0.3) is 11.1 Å². The zero-order valence-electron chi connectivity index (χ0n) is 19.4. The van der Waals surface area contributed by atoms with Crippen LogP contribution in [-0.2, 0) is 4.79 Å². The number of likely N-dealkylation sites (tertiary alicyclic amines) is 1. The average Bonchev–Trinajstić information content (AvgIpc) is 3.27. The number of halogens is 1. The molecule has 1 aliphatic carbocycles. The van der Waals surface area contributed by atoms with Gasteiger partial charge in [-0.25, -0.2) is 19.8 Å². The van der Waals surface area contributed by atoms with E-state index in [2.05, 4.69) is 15.8 Å². The highest BCUT2D eigenvalue weighted by atomic mass is 19.1. The van der Waals surface area contributed by atoms with Gasteiger partial charge in [0.25, 0.3) is 0 Å². The quantitative estimate of drug-likeness (QED) is 0.743. The number of rotatable bonds is 4. The highest BCUT2D eigenvalue weighted by Crippen LogP contribution is 2.36. The number of nitrogens with zero attached hydrogens (tertiary/aromatic N) is 4. The van der Waals surface area contributed by atoms with Gasteiger partial charge in [0.1, 0.15) is 11.9 Å². The molecule has 2 aromatic rings. The third-order valence-electron chi connectivity index (χ3n) is 7.47. The van der Waals surface area contributed by atoms with Crippen LogP contribution in [-0.4, -0.2) is 60.0 Å². The molecule has 1 aromatic heterocycles. The summed E-state index contributed by atoms with van der Waals surface area (Å²) < 4.78 is 13.9. The number of fused-ring (bicyclic) bond motifs is 1. The van der Waals surface area contributed by atoms with Crippen LogP contribution in [0.4, 0.5) is 10.3 Å². The maximum absolute atomic E-state index is 13.9. The Bertz CT molecular complexity index is 1010. The van der Waals surface area contributed by atoms with E-state index in [4.69, 9.17) is 4.98 Å². The molecule has 0 spiro atoms. The number of carbonyl (C=O) groups is 1. The van der Waals surface area contributed by atoms with Crippen LogP contribution in [0, 0.1) is 11.7 Å². The predicted molar refractivity (Wildman–Crippen MR) is 126 cm³/mol. The minimum absolute atomic E-state index is 0.117. The number of hydrazine groups is 1. The number of anilines is 1. The minimum atomic E-state index is -0.269. The molecule has 5 rings (SSSR count). The Morgan fingerprint density at radius 3 is 2.67 bits per heavy atom. The maximum atomic E-state index is 13.9. The first-order valence-electron chi connectivity index (χ1n) is 12.1. The number of hydrogen-bond donors (Lipinski definition) is 2. The first-order chi connectivity index (χ1) is 16.0. The van der Waals surface area contributed by atoms with Crippen molar-refractivity contribution >= 4 is 11.9 Å². The van der Waals surface area contributed by atoms with Crippen molar-refractivity contribution in [2.75, 3.05) is 32.1 Å². The molecule has 3 fully saturated rings. The largest absolute Gasteiger partial charge is 0.347 e. The molecule has 3 heterocycles. The standard InChI is InChI=1S/C25H33FN6O/c1-31(2)25-27-15-20(17-6-5-7-18(26)14-17)22(28-25)16-10-12-32(13-11-16)24(33)23-19-8-3-4-9-21(19)29-30-23/h5-7,14-16,19,21,23,29-30H,3-4,8-13H2,1-2H3. The van der Waals surface area contributed by atoms with Gasteiger partial charge < -0.3 is 9.80 Å². The van der Waals surface area contributed by atoms with E-state index >= 15 is 0 Å². The second-order valence-electron chi connectivity index (χ2n) is 9.79. The van der Waals surface area contributed by atoms with Crippen molar-refractivity contribution in [1.82, 2.24) is 25.7 Å². The summed E-state index contributed by atoms with van der Waals surface area (Å²) in [6.45, 7) is 1.42. The lowest BCUT2D eigenvalue weighted by Gasteiger charge is -2.35. The number of carbonyl (C=O) groups excluding carboxylic acids is 1. The fourth-order valence-corrected chi connectivity index (χ4v) is 5.65. The average molecular weight is 453 g/mol. The summed E-state index contributed by atoms with van der Waals surface area (Å²) in [7, 11) is 3.84. The lowest BCUT2D eigenvalue weighted by atomic mass is 9.81. The van der Waals surface area contributed by atoms with Crippen LogP contribution in [0.2, 0.25) is 0 Å². The molecule has 1 aromatic carbocycles. The molecule has 3 aliphatic rings. The second kappa shape index (κ2) is 9.35. The predicted octanol–water partition coefficient (Wildman–Crippen LogP) is 3.09. The summed E-state index contributed by atoms with van der Waals surface area (Å²) in [6, 6.07) is 6.91. The van der Waals surface area contributed by atoms with Crippen LogP contribution in [0.15, 0.2) is 30.5 Å². The monoisotopic (exact) mass is 452 g/mol. The Kier molecular flexibility index (Phi) is 6.29. The Hall–Kier alpha value is -2.58. The fourth-order valence-electron chi connectivity index (χ4n) is 5.65. The molecule has 1 saturated carbocycles. The first kappa shape index (κ1) is 22.2. The number of hydrogen-bond acceptors (Lipinski definition) is 6. The maximum Gasteiger partial charge on any atom is 0.241 e. The molecule has 1 amide bonds. The molecule has 3 unspecified atom stereocenters. The minimum Gasteiger partial charge on any atom is -0.347 e. The van der Waals surface area contributed by atoms with Crippen molar-refractivity contribution < 1.29 is 9.18 Å². The molecule has 7 nitrogen and oxygen atoms in total. The zero-order chi connectivity index (χ0) is 22.9. The number of piperidine rings is 1. The Morgan fingerprint density at radius 1 is 1.12 bits per heavy atom. The molecule has 2 aliphatic heterocycles. The number of amides is 1. The van der Waals surface area contributed by atoms with Gasteiger partial charge >= 0.3 is 0 Å². The Balaban J connectivity index is 1.33. The topological polar surface area (TPSA) is 73.4 Å². The third kappa shape index (κ3) is 4.46. The summed E-state index contributed by atoms with van der Waals surface area (Å²) >= 11 is 0. The van der Waals surface area contributed by atoms with Gasteiger partial charge in [0, 0.05) is 56.8 Å². The summed E-state index contributed by atoms with van der Waals surface area (Å²) in [5.74, 6) is 1.19. The van der Waals surface area contributed by atoms with Gasteiger partial charge in [-0.1, -0.05) is 25.0 Å². The van der Waals surface area contributed by atoms with Crippen LogP contribution in [0.3, 0.4) is 0 Å². The molecular weight excluding hydrogens is 419 g/mol. The van der Waals surface area contributed by atoms with E-state index in [1.165, 1.54) is 25.0 Å². The van der Waals surface area contributed by atoms with E-state index < -0.39 is 0 Å². The van der Waals surface area contributed by atoms with Gasteiger partial charge in [0.2, 0.25) is 11.9 Å². The van der Waals surface area contributed by atoms with Crippen molar-refractivity contribution in [1.29, 1.82) is 0 Å². The molecule has 176 valence electrons. The van der Waals surface area contributed by atoms with Crippen LogP contribution >= 0.6 is 0 Å². The number of nitrogens with one attached hydrogen (secondary N) is 2. The lowest BCUT2D eigenvalue weighted by Crippen LogP contribution is -2.50. The van der Waals surface area contributed by atoms with E-state index in [1.54, 1.807) is 12.3 Å². The summed E-state index contributed by atoms with van der Waals surface area (Å²) in [6.07, 6.45) is 8.20. The van der Waals surface area contributed by atoms with E-state index in [0.29, 0.717) is 31.0 Å². The highest BCUT2D eigenvalue weighted by molar-refractivity contribution is 5.83. The molecule has 2 saturated heterocycles. The molecular formula is C25H33FN6O. The van der Waals surface area contributed by atoms with Crippen molar-refractivity contribution in [2.45, 2.75) is 56.5 Å². The van der Waals surface area contributed by atoms with Crippen molar-refractivity contribution in [2.24, 2.45) is 5.92 Å². The lowest BCUT2D eigenvalue weighted by molar-refractivity contribution is -0.135. The van der Waals surface area contributed by atoms with Gasteiger partial charge in [-0.05, 0) is 43.4 Å². The van der Waals surface area contributed by atoms with Gasteiger partial charge in [0.05, 0.1) is 5.69 Å². The van der Waals surface area contributed by atoms with Crippen LogP contribution < -0.4 is 15.8 Å². The fraction of sp³-hybridized carbons (Fsp3) is 0.560. The molecule has 3 atom stereocenters. The molecule has 8 heteroatoms. The molecule has 2 N–H and O–H groups in total. The van der Waals surface area contributed by atoms with Gasteiger partial charge in [0.15, 0.2) is 0 Å². The number of benzene rings is 1. The van der Waals surface area contributed by atoms with Crippen LogP contribution in [0.5, 0.6) is 0 Å². The zero-order valence-corrected chi connectivity index (χ0v) is 19.4. The highest BCUT2D eigenvalue weighted by Gasteiger charge is 2.43. The molecule has 0 bridgehead atoms. The van der Waals surface area contributed by atoms with Crippen molar-refractivity contribution in [3.63, 3.8) is 0 Å². The Labute approximate surface area is 194 Å². The third-order valence-corrected chi connectivity index (χ3v) is 7.47. The van der Waals surface area contributed by atoms with Crippen LogP contribution in [0.1, 0.15) is 50.1 Å². The van der Waals surface area contributed by atoms with Crippen molar-refractivity contribution in [3.05, 3.63) is 42.0 Å². The van der Waals surface area contributed by atoms with Gasteiger partial charge in [-0.2, -0.15) is 0 Å². The van der Waals surface area contributed by atoms with E-state index in [1.807, 2.05) is 30.0 Å². The smallest absolute Gasteiger partial charge is 0.241 e. The normalized spacial score (nSPS) is 25.7. The second-order valence-corrected chi connectivity index (χ2v) is 9.79. The van der Waals surface area contributed by atoms with Gasteiger partial charge in [-0.3, -0.25) is 10.2 Å². The molecule has 33 heavy (non-hydrogen) atoms. The summed E-state index contributed by atoms with van der Waals surface area (Å²) in [5, 5.41) is 0. The van der Waals surface area contributed by atoms with E-state index in [-0.39, 0.29) is 23.7 Å². The SMILES string of the molecule is CN(C)c1ncc(-c2cccc(F)c2)c(C2CCN(C(=O)C3NNC4CCCCC43)CC2)n1. The number of aromatic nitrogens is 2. The summed E-state index contributed by atoms with van der Waals surface area (Å²) in [4.78, 5) is 26.6.